The number of benzene rings is 1. The molecule has 5 nitrogen and oxygen atoms in total. The monoisotopic (exact) mass is 276 g/mol. The molecule has 0 saturated carbocycles. The van der Waals surface area contributed by atoms with E-state index in [2.05, 4.69) is 11.5 Å². The van der Waals surface area contributed by atoms with Gasteiger partial charge in [0.1, 0.15) is 17.4 Å². The van der Waals surface area contributed by atoms with E-state index in [1.54, 1.807) is 25.1 Å². The number of hydrogen-bond donors (Lipinski definition) is 1. The van der Waals surface area contributed by atoms with E-state index in [9.17, 15) is 4.79 Å². The van der Waals surface area contributed by atoms with Crippen molar-refractivity contribution in [2.45, 2.75) is 19.4 Å². The smallest absolute Gasteiger partial charge is 0.336 e. The quantitative estimate of drug-likeness (QED) is 0.393. The van der Waals surface area contributed by atoms with Gasteiger partial charge in [0, 0.05) is 23.4 Å². The SMILES string of the molecule is C=C(C)C(Cc1c(OC)ccc2ccc(=O)oc12)OO. The molecule has 0 amide bonds. The molecule has 2 aromatic rings. The average molecular weight is 276 g/mol. The van der Waals surface area contributed by atoms with Crippen LogP contribution >= 0.6 is 0 Å². The first-order valence-electron chi connectivity index (χ1n) is 6.12. The van der Waals surface area contributed by atoms with Crippen molar-refractivity contribution in [3.8, 4) is 5.75 Å². The molecule has 1 unspecified atom stereocenters. The standard InChI is InChI=1S/C15H16O5/c1-9(2)13(20-17)8-11-12(18-3)6-4-10-5-7-14(16)19-15(10)11/h4-7,13,17H,1,8H2,2-3H3. The van der Waals surface area contributed by atoms with Gasteiger partial charge in [-0.05, 0) is 30.7 Å². The van der Waals surface area contributed by atoms with Crippen molar-refractivity contribution < 1.29 is 19.3 Å². The summed E-state index contributed by atoms with van der Waals surface area (Å²) in [5.41, 5.74) is 1.30. The maximum Gasteiger partial charge on any atom is 0.336 e. The van der Waals surface area contributed by atoms with E-state index in [4.69, 9.17) is 14.4 Å². The number of fused-ring (bicyclic) bond motifs is 1. The molecule has 106 valence electrons. The molecule has 0 bridgehead atoms. The molecule has 1 aromatic carbocycles. The molecule has 1 heterocycles. The van der Waals surface area contributed by atoms with Gasteiger partial charge in [-0.1, -0.05) is 6.58 Å². The second kappa shape index (κ2) is 5.90. The third-order valence-corrected chi connectivity index (χ3v) is 3.14. The minimum absolute atomic E-state index is 0.291. The number of methoxy groups -OCH3 is 1. The molecular formula is C15H16O5. The lowest BCUT2D eigenvalue weighted by molar-refractivity contribution is -0.267. The summed E-state index contributed by atoms with van der Waals surface area (Å²) in [6, 6.07) is 6.62. The van der Waals surface area contributed by atoms with Crippen molar-refractivity contribution in [3.63, 3.8) is 0 Å². The Morgan fingerprint density at radius 2 is 2.10 bits per heavy atom. The fraction of sp³-hybridized carbons (Fsp3) is 0.267. The highest BCUT2D eigenvalue weighted by Gasteiger charge is 2.18. The molecule has 1 aromatic heterocycles. The summed E-state index contributed by atoms with van der Waals surface area (Å²) >= 11 is 0. The van der Waals surface area contributed by atoms with Crippen LogP contribution in [0.2, 0.25) is 0 Å². The highest BCUT2D eigenvalue weighted by Crippen LogP contribution is 2.29. The Balaban J connectivity index is 2.61. The van der Waals surface area contributed by atoms with Crippen molar-refractivity contribution in [2.24, 2.45) is 0 Å². The predicted octanol–water partition coefficient (Wildman–Crippen LogP) is 2.78. The Bertz CT molecular complexity index is 686. The van der Waals surface area contributed by atoms with Gasteiger partial charge in [-0.2, -0.15) is 0 Å². The lowest BCUT2D eigenvalue weighted by Gasteiger charge is -2.16. The molecule has 0 fully saturated rings. The van der Waals surface area contributed by atoms with Crippen LogP contribution in [0.4, 0.5) is 0 Å². The Morgan fingerprint density at radius 3 is 2.70 bits per heavy atom. The molecule has 0 saturated heterocycles. The minimum atomic E-state index is -0.597. The van der Waals surface area contributed by atoms with Gasteiger partial charge >= 0.3 is 5.63 Å². The number of ether oxygens (including phenoxy) is 1. The lowest BCUT2D eigenvalue weighted by Crippen LogP contribution is -2.16. The Morgan fingerprint density at radius 1 is 1.40 bits per heavy atom. The predicted molar refractivity (Wildman–Crippen MR) is 75.1 cm³/mol. The molecular weight excluding hydrogens is 260 g/mol. The van der Waals surface area contributed by atoms with Gasteiger partial charge in [0.25, 0.3) is 0 Å². The van der Waals surface area contributed by atoms with Crippen LogP contribution in [0.3, 0.4) is 0 Å². The Kier molecular flexibility index (Phi) is 4.22. The van der Waals surface area contributed by atoms with Crippen molar-refractivity contribution in [2.75, 3.05) is 7.11 Å². The summed E-state index contributed by atoms with van der Waals surface area (Å²) in [5.74, 6) is 0.565. The van der Waals surface area contributed by atoms with E-state index >= 15 is 0 Å². The maximum atomic E-state index is 11.4. The summed E-state index contributed by atoms with van der Waals surface area (Å²) < 4.78 is 10.5. The molecule has 0 aliphatic heterocycles. The summed E-state index contributed by atoms with van der Waals surface area (Å²) in [7, 11) is 1.53. The van der Waals surface area contributed by atoms with E-state index in [1.807, 2.05) is 0 Å². The van der Waals surface area contributed by atoms with Gasteiger partial charge in [0.2, 0.25) is 0 Å². The topological polar surface area (TPSA) is 68.9 Å². The van der Waals surface area contributed by atoms with Crippen LogP contribution in [-0.4, -0.2) is 18.5 Å². The minimum Gasteiger partial charge on any atom is -0.496 e. The van der Waals surface area contributed by atoms with Crippen LogP contribution in [0.15, 0.2) is 45.6 Å². The molecule has 20 heavy (non-hydrogen) atoms. The van der Waals surface area contributed by atoms with E-state index < -0.39 is 11.7 Å². The summed E-state index contributed by atoms with van der Waals surface area (Å²) in [6.45, 7) is 5.50. The van der Waals surface area contributed by atoms with Crippen LogP contribution in [0, 0.1) is 0 Å². The highest BCUT2D eigenvalue weighted by atomic mass is 17.1. The van der Waals surface area contributed by atoms with Crippen molar-refractivity contribution in [1.29, 1.82) is 0 Å². The van der Waals surface area contributed by atoms with Crippen molar-refractivity contribution >= 4 is 11.0 Å². The van der Waals surface area contributed by atoms with Gasteiger partial charge in [0.15, 0.2) is 0 Å². The van der Waals surface area contributed by atoms with Crippen LogP contribution in [-0.2, 0) is 11.3 Å². The lowest BCUT2D eigenvalue weighted by atomic mass is 10.0. The molecule has 1 N–H and O–H groups in total. The molecule has 0 radical (unpaired) electrons. The van der Waals surface area contributed by atoms with E-state index in [0.29, 0.717) is 28.9 Å². The van der Waals surface area contributed by atoms with Gasteiger partial charge in [-0.3, -0.25) is 5.26 Å². The molecule has 0 spiro atoms. The first-order chi connectivity index (χ1) is 9.56. The fourth-order valence-corrected chi connectivity index (χ4v) is 2.04. The van der Waals surface area contributed by atoms with Gasteiger partial charge in [-0.15, -0.1) is 0 Å². The Labute approximate surface area is 116 Å². The molecule has 5 heteroatoms. The van der Waals surface area contributed by atoms with Crippen LogP contribution in [0.5, 0.6) is 5.75 Å². The first kappa shape index (κ1) is 14.3. The first-order valence-corrected chi connectivity index (χ1v) is 6.12. The third-order valence-electron chi connectivity index (χ3n) is 3.14. The molecule has 1 atom stereocenters. The average Bonchev–Trinajstić information content (AvgIpc) is 2.44. The van der Waals surface area contributed by atoms with Crippen LogP contribution < -0.4 is 10.4 Å². The van der Waals surface area contributed by atoms with Crippen LogP contribution in [0.25, 0.3) is 11.0 Å². The third kappa shape index (κ3) is 2.74. The zero-order valence-electron chi connectivity index (χ0n) is 11.4. The molecule has 0 aliphatic carbocycles. The maximum absolute atomic E-state index is 11.4. The summed E-state index contributed by atoms with van der Waals surface area (Å²) in [6.07, 6.45) is -0.306. The largest absolute Gasteiger partial charge is 0.496 e. The van der Waals surface area contributed by atoms with Gasteiger partial charge < -0.3 is 9.15 Å². The Hall–Kier alpha value is -2.11. The summed E-state index contributed by atoms with van der Waals surface area (Å²) in [4.78, 5) is 15.8. The zero-order chi connectivity index (χ0) is 14.7. The van der Waals surface area contributed by atoms with E-state index in [1.165, 1.54) is 13.2 Å². The van der Waals surface area contributed by atoms with Gasteiger partial charge in [-0.25, -0.2) is 9.68 Å². The molecule has 0 aliphatic rings. The molecule has 2 rings (SSSR count). The van der Waals surface area contributed by atoms with Crippen molar-refractivity contribution in [1.82, 2.24) is 0 Å². The van der Waals surface area contributed by atoms with E-state index in [0.717, 1.165) is 5.39 Å². The number of hydrogen-bond acceptors (Lipinski definition) is 5. The summed E-state index contributed by atoms with van der Waals surface area (Å²) in [5, 5.41) is 9.73. The highest BCUT2D eigenvalue weighted by molar-refractivity contribution is 5.82. The second-order valence-electron chi connectivity index (χ2n) is 4.56. The zero-order valence-corrected chi connectivity index (χ0v) is 11.4. The normalized spacial score (nSPS) is 12.3. The van der Waals surface area contributed by atoms with E-state index in [-0.39, 0.29) is 0 Å². The van der Waals surface area contributed by atoms with Gasteiger partial charge in [0.05, 0.1) is 7.11 Å². The fourth-order valence-electron chi connectivity index (χ4n) is 2.04. The number of rotatable bonds is 5. The second-order valence-corrected chi connectivity index (χ2v) is 4.56. The van der Waals surface area contributed by atoms with Crippen LogP contribution in [0.1, 0.15) is 12.5 Å². The van der Waals surface area contributed by atoms with Crippen molar-refractivity contribution in [3.05, 3.63) is 52.4 Å².